The zero-order valence-corrected chi connectivity index (χ0v) is 11.9. The molecule has 1 atom stereocenters. The van der Waals surface area contributed by atoms with Crippen LogP contribution in [-0.2, 0) is 11.2 Å². The molecular weight excluding hydrogens is 274 g/mol. The van der Waals surface area contributed by atoms with Gasteiger partial charge in [0.25, 0.3) is 5.69 Å². The molecule has 114 valence electrons. The summed E-state index contributed by atoms with van der Waals surface area (Å²) in [6.45, 7) is 3.06. The zero-order valence-electron chi connectivity index (χ0n) is 11.9. The summed E-state index contributed by atoms with van der Waals surface area (Å²) in [4.78, 5) is 25.9. The minimum atomic E-state index is -0.883. The number of rotatable bonds is 5. The Labute approximate surface area is 122 Å². The Morgan fingerprint density at radius 3 is 2.62 bits per heavy atom. The number of hydrogen-bond acceptors (Lipinski definition) is 5. The molecular formula is C14H19N3O4. The average molecular weight is 293 g/mol. The van der Waals surface area contributed by atoms with Crippen LogP contribution in [0.1, 0.15) is 5.56 Å². The maximum Gasteiger partial charge on any atom is 0.321 e. The van der Waals surface area contributed by atoms with Gasteiger partial charge in [0.1, 0.15) is 6.04 Å². The molecule has 1 fully saturated rings. The third-order valence-corrected chi connectivity index (χ3v) is 3.81. The van der Waals surface area contributed by atoms with Crippen molar-refractivity contribution in [2.75, 3.05) is 33.2 Å². The van der Waals surface area contributed by atoms with E-state index in [1.807, 2.05) is 11.9 Å². The average Bonchev–Trinajstić information content (AvgIpc) is 2.46. The van der Waals surface area contributed by atoms with E-state index in [4.69, 9.17) is 0 Å². The van der Waals surface area contributed by atoms with Gasteiger partial charge in [0, 0.05) is 38.3 Å². The summed E-state index contributed by atoms with van der Waals surface area (Å²) in [6.07, 6.45) is 0.278. The summed E-state index contributed by atoms with van der Waals surface area (Å²) < 4.78 is 0. The molecule has 2 rings (SSSR count). The van der Waals surface area contributed by atoms with Crippen LogP contribution in [0, 0.1) is 10.1 Å². The van der Waals surface area contributed by atoms with Crippen molar-refractivity contribution < 1.29 is 14.8 Å². The highest BCUT2D eigenvalue weighted by Gasteiger charge is 2.28. The number of benzene rings is 1. The van der Waals surface area contributed by atoms with Crippen LogP contribution >= 0.6 is 0 Å². The van der Waals surface area contributed by atoms with Crippen LogP contribution in [0.5, 0.6) is 0 Å². The van der Waals surface area contributed by atoms with Gasteiger partial charge in [0.2, 0.25) is 0 Å². The van der Waals surface area contributed by atoms with Crippen LogP contribution in [0.4, 0.5) is 5.69 Å². The van der Waals surface area contributed by atoms with E-state index in [1.54, 1.807) is 12.1 Å². The first kappa shape index (κ1) is 15.4. The molecule has 1 aliphatic rings. The third-order valence-electron chi connectivity index (χ3n) is 3.81. The second-order valence-corrected chi connectivity index (χ2v) is 5.32. The predicted molar refractivity (Wildman–Crippen MR) is 77.3 cm³/mol. The molecule has 0 bridgehead atoms. The maximum absolute atomic E-state index is 11.5. The summed E-state index contributed by atoms with van der Waals surface area (Å²) >= 11 is 0. The molecule has 0 saturated carbocycles. The smallest absolute Gasteiger partial charge is 0.321 e. The van der Waals surface area contributed by atoms with Gasteiger partial charge in [-0.25, -0.2) is 0 Å². The monoisotopic (exact) mass is 293 g/mol. The summed E-state index contributed by atoms with van der Waals surface area (Å²) in [5.74, 6) is -0.883. The van der Waals surface area contributed by atoms with Crippen molar-refractivity contribution in [3.8, 4) is 0 Å². The van der Waals surface area contributed by atoms with Crippen LogP contribution in [0.15, 0.2) is 24.3 Å². The fourth-order valence-electron chi connectivity index (χ4n) is 2.53. The van der Waals surface area contributed by atoms with Gasteiger partial charge in [-0.1, -0.05) is 12.1 Å². The highest BCUT2D eigenvalue weighted by molar-refractivity contribution is 5.74. The van der Waals surface area contributed by atoms with Crippen molar-refractivity contribution in [2.24, 2.45) is 0 Å². The largest absolute Gasteiger partial charge is 0.480 e. The van der Waals surface area contributed by atoms with Crippen LogP contribution in [0.3, 0.4) is 0 Å². The van der Waals surface area contributed by atoms with Gasteiger partial charge in [0.05, 0.1) is 4.92 Å². The highest BCUT2D eigenvalue weighted by atomic mass is 16.6. The van der Waals surface area contributed by atoms with Gasteiger partial charge in [0.15, 0.2) is 0 Å². The number of piperazine rings is 1. The molecule has 0 aliphatic carbocycles. The molecule has 1 heterocycles. The number of hydrogen-bond donors (Lipinski definition) is 1. The molecule has 7 heteroatoms. The number of aliphatic carboxylic acids is 1. The van der Waals surface area contributed by atoms with E-state index in [1.165, 1.54) is 12.1 Å². The molecule has 0 aromatic heterocycles. The van der Waals surface area contributed by atoms with Crippen LogP contribution in [0.2, 0.25) is 0 Å². The first-order valence-electron chi connectivity index (χ1n) is 6.86. The van der Waals surface area contributed by atoms with Gasteiger partial charge in [-0.3, -0.25) is 19.8 Å². The molecule has 1 aromatic rings. The van der Waals surface area contributed by atoms with Crippen molar-refractivity contribution in [1.82, 2.24) is 9.80 Å². The molecule has 1 aliphatic heterocycles. The third kappa shape index (κ3) is 3.99. The molecule has 1 N–H and O–H groups in total. The van der Waals surface area contributed by atoms with E-state index in [0.29, 0.717) is 18.7 Å². The Kier molecular flexibility index (Phi) is 4.87. The van der Waals surface area contributed by atoms with Gasteiger partial charge in [-0.2, -0.15) is 0 Å². The lowest BCUT2D eigenvalue weighted by Crippen LogP contribution is -2.52. The maximum atomic E-state index is 11.5. The number of nitro groups is 1. The van der Waals surface area contributed by atoms with Gasteiger partial charge in [-0.15, -0.1) is 0 Å². The standard InChI is InChI=1S/C14H19N3O4/c1-15-5-7-16(8-6-15)13(14(18)19)10-11-3-2-4-12(9-11)17(20)21/h2-4,9,13H,5-8,10H2,1H3,(H,18,19)/t13-/m1/s1. The second kappa shape index (κ2) is 6.64. The molecule has 21 heavy (non-hydrogen) atoms. The van der Waals surface area contributed by atoms with E-state index < -0.39 is 16.9 Å². The Morgan fingerprint density at radius 2 is 2.05 bits per heavy atom. The number of carboxylic acids is 1. The summed E-state index contributed by atoms with van der Waals surface area (Å²) in [7, 11) is 2.01. The Hall–Kier alpha value is -1.99. The number of carbonyl (C=O) groups is 1. The van der Waals surface area contributed by atoms with Crippen LogP contribution < -0.4 is 0 Å². The van der Waals surface area contributed by atoms with E-state index in [9.17, 15) is 20.0 Å². The lowest BCUT2D eigenvalue weighted by molar-refractivity contribution is -0.384. The Morgan fingerprint density at radius 1 is 1.38 bits per heavy atom. The minimum absolute atomic E-state index is 0.00461. The second-order valence-electron chi connectivity index (χ2n) is 5.32. The van der Waals surface area contributed by atoms with E-state index >= 15 is 0 Å². The molecule has 0 spiro atoms. The van der Waals surface area contributed by atoms with Crippen molar-refractivity contribution in [3.63, 3.8) is 0 Å². The van der Waals surface area contributed by atoms with E-state index in [0.717, 1.165) is 13.1 Å². The molecule has 1 aromatic carbocycles. The summed E-state index contributed by atoms with van der Waals surface area (Å²) in [6, 6.07) is 5.55. The number of carboxylic acid groups (broad SMARTS) is 1. The molecule has 1 saturated heterocycles. The SMILES string of the molecule is CN1CCN([C@H](Cc2cccc([N+](=O)[O-])c2)C(=O)O)CC1. The lowest BCUT2D eigenvalue weighted by Gasteiger charge is -2.36. The lowest BCUT2D eigenvalue weighted by atomic mass is 10.0. The van der Waals surface area contributed by atoms with Crippen molar-refractivity contribution in [1.29, 1.82) is 0 Å². The van der Waals surface area contributed by atoms with Gasteiger partial charge < -0.3 is 10.0 Å². The fourth-order valence-corrected chi connectivity index (χ4v) is 2.53. The Bertz CT molecular complexity index is 527. The summed E-state index contributed by atoms with van der Waals surface area (Å²) in [5.41, 5.74) is 0.672. The molecule has 0 amide bonds. The Balaban J connectivity index is 2.11. The predicted octanol–water partition coefficient (Wildman–Crippen LogP) is 0.838. The van der Waals surface area contributed by atoms with Crippen LogP contribution in [-0.4, -0.2) is 65.1 Å². The van der Waals surface area contributed by atoms with E-state index in [2.05, 4.69) is 4.90 Å². The minimum Gasteiger partial charge on any atom is -0.480 e. The van der Waals surface area contributed by atoms with Crippen molar-refractivity contribution in [3.05, 3.63) is 39.9 Å². The van der Waals surface area contributed by atoms with Crippen LogP contribution in [0.25, 0.3) is 0 Å². The normalized spacial score (nSPS) is 18.3. The topological polar surface area (TPSA) is 86.9 Å². The van der Waals surface area contributed by atoms with Gasteiger partial charge in [-0.05, 0) is 19.0 Å². The molecule has 7 nitrogen and oxygen atoms in total. The molecule has 0 radical (unpaired) electrons. The number of likely N-dealkylation sites (N-methyl/N-ethyl adjacent to an activating group) is 1. The molecule has 0 unspecified atom stereocenters. The first-order chi connectivity index (χ1) is 9.97. The zero-order chi connectivity index (χ0) is 15.4. The summed E-state index contributed by atoms with van der Waals surface area (Å²) in [5, 5.41) is 20.2. The quantitative estimate of drug-likeness (QED) is 0.639. The van der Waals surface area contributed by atoms with E-state index in [-0.39, 0.29) is 12.1 Å². The number of nitrogens with zero attached hydrogens (tertiary/aromatic N) is 3. The van der Waals surface area contributed by atoms with Gasteiger partial charge >= 0.3 is 5.97 Å². The number of nitro benzene ring substituents is 1. The number of non-ortho nitro benzene ring substituents is 1. The fraction of sp³-hybridized carbons (Fsp3) is 0.500. The van der Waals surface area contributed by atoms with Crippen molar-refractivity contribution >= 4 is 11.7 Å². The highest BCUT2D eigenvalue weighted by Crippen LogP contribution is 2.17. The van der Waals surface area contributed by atoms with Crippen molar-refractivity contribution in [2.45, 2.75) is 12.5 Å². The first-order valence-corrected chi connectivity index (χ1v) is 6.86.